The Morgan fingerprint density at radius 2 is 2.14 bits per heavy atom. The van der Waals surface area contributed by atoms with Crippen molar-refractivity contribution in [3.05, 3.63) is 53.7 Å². The van der Waals surface area contributed by atoms with Crippen LogP contribution in [0.1, 0.15) is 11.1 Å². The van der Waals surface area contributed by atoms with Gasteiger partial charge in [0.25, 0.3) is 0 Å². The van der Waals surface area contributed by atoms with Gasteiger partial charge in [-0.1, -0.05) is 6.07 Å². The summed E-state index contributed by atoms with van der Waals surface area (Å²) in [6, 6.07) is 7.19. The van der Waals surface area contributed by atoms with E-state index in [0.717, 1.165) is 17.7 Å². The van der Waals surface area contributed by atoms with Crippen LogP contribution in [0.15, 0.2) is 41.2 Å². The lowest BCUT2D eigenvalue weighted by Gasteiger charge is -2.19. The fourth-order valence-corrected chi connectivity index (χ4v) is 2.12. The maximum atomic E-state index is 14.2. The number of halogens is 1. The summed E-state index contributed by atoms with van der Waals surface area (Å²) in [6.07, 6.45) is 3.29. The quantitative estimate of drug-likeness (QED) is 0.759. The number of anilines is 1. The smallest absolute Gasteiger partial charge is 0.146 e. The molecule has 0 unspecified atom stereocenters. The Bertz CT molecular complexity index is 543. The molecular formula is C16H21FN2O2. The van der Waals surface area contributed by atoms with Crippen LogP contribution in [0.2, 0.25) is 0 Å². The van der Waals surface area contributed by atoms with Crippen LogP contribution in [0.5, 0.6) is 0 Å². The van der Waals surface area contributed by atoms with Crippen molar-refractivity contribution < 1.29 is 13.5 Å². The molecule has 1 heterocycles. The predicted octanol–water partition coefficient (Wildman–Crippen LogP) is 2.79. The zero-order chi connectivity index (χ0) is 15.1. The van der Waals surface area contributed by atoms with Crippen LogP contribution in [0.3, 0.4) is 0 Å². The molecule has 0 aliphatic heterocycles. The van der Waals surface area contributed by atoms with Gasteiger partial charge >= 0.3 is 0 Å². The van der Waals surface area contributed by atoms with Gasteiger partial charge in [-0.15, -0.1) is 0 Å². The highest BCUT2D eigenvalue weighted by Crippen LogP contribution is 2.21. The standard InChI is InChI=1S/C16H21FN2O2/c1-19(11-14-5-7-21-12-14)16-4-3-13(9-15(16)17)10-18-6-8-20-2/h3-5,7,9,12,18H,6,8,10-11H2,1-2H3. The van der Waals surface area contributed by atoms with Crippen LogP contribution < -0.4 is 10.2 Å². The Morgan fingerprint density at radius 1 is 1.29 bits per heavy atom. The van der Waals surface area contributed by atoms with Crippen molar-refractivity contribution in [2.24, 2.45) is 0 Å². The van der Waals surface area contributed by atoms with Crippen LogP contribution in [-0.2, 0) is 17.8 Å². The molecule has 0 aliphatic carbocycles. The third-order valence-corrected chi connectivity index (χ3v) is 3.24. The zero-order valence-electron chi connectivity index (χ0n) is 12.4. The molecule has 2 rings (SSSR count). The average molecular weight is 292 g/mol. The van der Waals surface area contributed by atoms with Crippen molar-refractivity contribution in [2.45, 2.75) is 13.1 Å². The molecule has 1 aromatic carbocycles. The highest BCUT2D eigenvalue weighted by molar-refractivity contribution is 5.48. The van der Waals surface area contributed by atoms with E-state index in [1.165, 1.54) is 0 Å². The second-order valence-electron chi connectivity index (χ2n) is 4.94. The molecule has 0 aliphatic rings. The number of methoxy groups -OCH3 is 1. The second-order valence-corrected chi connectivity index (χ2v) is 4.94. The summed E-state index contributed by atoms with van der Waals surface area (Å²) < 4.78 is 24.2. The topological polar surface area (TPSA) is 37.6 Å². The molecule has 1 N–H and O–H groups in total. The summed E-state index contributed by atoms with van der Waals surface area (Å²) in [5, 5.41) is 3.20. The summed E-state index contributed by atoms with van der Waals surface area (Å²) in [7, 11) is 3.52. The molecular weight excluding hydrogens is 271 g/mol. The third kappa shape index (κ3) is 4.58. The highest BCUT2D eigenvalue weighted by atomic mass is 19.1. The van der Waals surface area contributed by atoms with E-state index in [2.05, 4.69) is 5.32 Å². The number of hydrogen-bond donors (Lipinski definition) is 1. The lowest BCUT2D eigenvalue weighted by atomic mass is 10.1. The zero-order valence-corrected chi connectivity index (χ0v) is 12.4. The number of nitrogens with zero attached hydrogens (tertiary/aromatic N) is 1. The molecule has 0 spiro atoms. The minimum atomic E-state index is -0.216. The summed E-state index contributed by atoms with van der Waals surface area (Å²) in [5.41, 5.74) is 2.52. The van der Waals surface area contributed by atoms with Crippen LogP contribution in [-0.4, -0.2) is 27.3 Å². The first-order valence-corrected chi connectivity index (χ1v) is 6.91. The number of furan rings is 1. The van der Waals surface area contributed by atoms with Crippen LogP contribution in [0, 0.1) is 5.82 Å². The summed E-state index contributed by atoms with van der Waals surface area (Å²) in [5.74, 6) is -0.216. The molecule has 0 fully saturated rings. The van der Waals surface area contributed by atoms with Crippen molar-refractivity contribution >= 4 is 5.69 Å². The number of nitrogens with one attached hydrogen (secondary N) is 1. The predicted molar refractivity (Wildman–Crippen MR) is 80.8 cm³/mol. The Kier molecular flexibility index (Phi) is 5.78. The lowest BCUT2D eigenvalue weighted by molar-refractivity contribution is 0.199. The van der Waals surface area contributed by atoms with Gasteiger partial charge in [-0.05, 0) is 23.8 Å². The first-order chi connectivity index (χ1) is 10.2. The van der Waals surface area contributed by atoms with Crippen molar-refractivity contribution in [1.29, 1.82) is 0 Å². The normalized spacial score (nSPS) is 10.8. The number of ether oxygens (including phenoxy) is 1. The summed E-state index contributed by atoms with van der Waals surface area (Å²) in [6.45, 7) is 2.64. The first-order valence-electron chi connectivity index (χ1n) is 6.91. The molecule has 2 aromatic rings. The van der Waals surface area contributed by atoms with Gasteiger partial charge in [-0.25, -0.2) is 4.39 Å². The molecule has 21 heavy (non-hydrogen) atoms. The largest absolute Gasteiger partial charge is 0.472 e. The van der Waals surface area contributed by atoms with E-state index in [9.17, 15) is 4.39 Å². The van der Waals surface area contributed by atoms with Crippen molar-refractivity contribution in [3.63, 3.8) is 0 Å². The molecule has 0 saturated carbocycles. The third-order valence-electron chi connectivity index (χ3n) is 3.24. The molecule has 114 valence electrons. The SMILES string of the molecule is COCCNCc1ccc(N(C)Cc2ccoc2)c(F)c1. The Labute approximate surface area is 124 Å². The fourth-order valence-electron chi connectivity index (χ4n) is 2.12. The first kappa shape index (κ1) is 15.5. The average Bonchev–Trinajstić information content (AvgIpc) is 2.96. The maximum Gasteiger partial charge on any atom is 0.146 e. The molecule has 1 aromatic heterocycles. The molecule has 5 heteroatoms. The van der Waals surface area contributed by atoms with Crippen molar-refractivity contribution in [1.82, 2.24) is 5.32 Å². The molecule has 0 amide bonds. The van der Waals surface area contributed by atoms with E-state index < -0.39 is 0 Å². The van der Waals surface area contributed by atoms with Gasteiger partial charge in [0.2, 0.25) is 0 Å². The van der Waals surface area contributed by atoms with Gasteiger partial charge < -0.3 is 19.4 Å². The maximum absolute atomic E-state index is 14.2. The van der Waals surface area contributed by atoms with E-state index in [-0.39, 0.29) is 5.82 Å². The minimum Gasteiger partial charge on any atom is -0.472 e. The minimum absolute atomic E-state index is 0.216. The van der Waals surface area contributed by atoms with Gasteiger partial charge in [0, 0.05) is 39.4 Å². The molecule has 0 bridgehead atoms. The Balaban J connectivity index is 1.94. The van der Waals surface area contributed by atoms with E-state index in [0.29, 0.717) is 25.4 Å². The number of benzene rings is 1. The van der Waals surface area contributed by atoms with Gasteiger partial charge in [-0.2, -0.15) is 0 Å². The Hall–Kier alpha value is -1.85. The summed E-state index contributed by atoms with van der Waals surface area (Å²) >= 11 is 0. The summed E-state index contributed by atoms with van der Waals surface area (Å²) in [4.78, 5) is 1.86. The Morgan fingerprint density at radius 3 is 2.81 bits per heavy atom. The number of hydrogen-bond acceptors (Lipinski definition) is 4. The van der Waals surface area contributed by atoms with Crippen LogP contribution in [0.25, 0.3) is 0 Å². The van der Waals surface area contributed by atoms with E-state index in [1.807, 2.05) is 30.1 Å². The fraction of sp³-hybridized carbons (Fsp3) is 0.375. The highest BCUT2D eigenvalue weighted by Gasteiger charge is 2.09. The second kappa shape index (κ2) is 7.81. The van der Waals surface area contributed by atoms with E-state index >= 15 is 0 Å². The monoisotopic (exact) mass is 292 g/mol. The molecule has 0 saturated heterocycles. The van der Waals surface area contributed by atoms with E-state index in [1.54, 1.807) is 25.7 Å². The molecule has 4 nitrogen and oxygen atoms in total. The van der Waals surface area contributed by atoms with Gasteiger partial charge in [0.05, 0.1) is 24.8 Å². The van der Waals surface area contributed by atoms with Crippen LogP contribution in [0.4, 0.5) is 10.1 Å². The van der Waals surface area contributed by atoms with Gasteiger partial charge in [-0.3, -0.25) is 0 Å². The van der Waals surface area contributed by atoms with Crippen LogP contribution >= 0.6 is 0 Å². The lowest BCUT2D eigenvalue weighted by Crippen LogP contribution is -2.20. The van der Waals surface area contributed by atoms with Gasteiger partial charge in [0.1, 0.15) is 5.82 Å². The number of rotatable bonds is 8. The van der Waals surface area contributed by atoms with Crippen molar-refractivity contribution in [2.75, 3.05) is 32.2 Å². The molecule has 0 radical (unpaired) electrons. The van der Waals surface area contributed by atoms with Crippen molar-refractivity contribution in [3.8, 4) is 0 Å². The van der Waals surface area contributed by atoms with Gasteiger partial charge in [0.15, 0.2) is 0 Å². The molecule has 0 atom stereocenters. The van der Waals surface area contributed by atoms with E-state index in [4.69, 9.17) is 9.15 Å².